The number of ether oxygens (including phenoxy) is 2. The molecule has 2 aromatic rings. The number of carbonyl (C=O) groups excluding carboxylic acids is 2. The molecular weight excluding hydrogens is 700 g/mol. The normalized spacial score (nSPS) is 31.3. The molecule has 5 aliphatic rings. The van der Waals surface area contributed by atoms with Gasteiger partial charge in [0.25, 0.3) is 5.91 Å². The zero-order valence-electron chi connectivity index (χ0n) is 30.7. The molecule has 1 spiro atoms. The number of nitrogens with zero attached hydrogens (tertiary/aromatic N) is 3. The van der Waals surface area contributed by atoms with Crippen LogP contribution in [0.3, 0.4) is 0 Å². The number of fused-ring (bicyclic) bond motifs is 4. The Labute approximate surface area is 315 Å². The summed E-state index contributed by atoms with van der Waals surface area (Å²) in [6.45, 7) is 11.7. The molecule has 3 heterocycles. The Bertz CT molecular complexity index is 1800. The minimum absolute atomic E-state index is 0. The largest absolute Gasteiger partial charge is 0.490 e. The van der Waals surface area contributed by atoms with Gasteiger partial charge in [-0.3, -0.25) is 14.5 Å². The van der Waals surface area contributed by atoms with Gasteiger partial charge in [-0.2, -0.15) is 0 Å². The van der Waals surface area contributed by atoms with E-state index in [1.807, 2.05) is 30.0 Å². The third kappa shape index (κ3) is 7.74. The van der Waals surface area contributed by atoms with Crippen LogP contribution in [0, 0.1) is 17.8 Å². The number of hydrogen-bond acceptors (Lipinski definition) is 8. The Balaban J connectivity index is 0.00000481. The van der Waals surface area contributed by atoms with Crippen LogP contribution in [0.4, 0.5) is 5.69 Å². The van der Waals surface area contributed by atoms with Crippen LogP contribution in [0.1, 0.15) is 75.8 Å². The molecule has 2 fully saturated rings. The van der Waals surface area contributed by atoms with Gasteiger partial charge in [-0.05, 0) is 105 Å². The monoisotopic (exact) mass is 754 g/mol. The summed E-state index contributed by atoms with van der Waals surface area (Å²) >= 11 is 6.47. The molecule has 284 valence electrons. The molecule has 2 amide bonds. The number of nitrogens with one attached hydrogen (secondary N) is 1. The first-order valence-electron chi connectivity index (χ1n) is 19.1. The van der Waals surface area contributed by atoms with Gasteiger partial charge in [0.1, 0.15) is 5.75 Å². The van der Waals surface area contributed by atoms with Gasteiger partial charge < -0.3 is 19.3 Å². The van der Waals surface area contributed by atoms with Crippen molar-refractivity contribution in [3.8, 4) is 5.75 Å². The van der Waals surface area contributed by atoms with Crippen molar-refractivity contribution in [2.24, 2.45) is 17.8 Å². The molecule has 52 heavy (non-hydrogen) atoms. The Morgan fingerprint density at radius 3 is 2.67 bits per heavy atom. The summed E-state index contributed by atoms with van der Waals surface area (Å²) in [6.07, 6.45) is 9.77. The molecule has 12 heteroatoms. The number of sulfonamides is 1. The maximum Gasteiger partial charge on any atom is 0.264 e. The minimum Gasteiger partial charge on any atom is -0.490 e. The number of carbonyl (C=O) groups is 2. The first kappa shape index (κ1) is 37.2. The second-order valence-electron chi connectivity index (χ2n) is 15.8. The topological polar surface area (TPSA) is 108 Å². The van der Waals surface area contributed by atoms with E-state index in [2.05, 4.69) is 38.8 Å². The predicted octanol–water partition coefficient (Wildman–Crippen LogP) is 5.68. The van der Waals surface area contributed by atoms with Crippen LogP contribution in [0.25, 0.3) is 0 Å². The van der Waals surface area contributed by atoms with Crippen molar-refractivity contribution in [2.45, 2.75) is 76.1 Å². The zero-order valence-corrected chi connectivity index (χ0v) is 32.3. The van der Waals surface area contributed by atoms with Gasteiger partial charge >= 0.3 is 0 Å². The van der Waals surface area contributed by atoms with Crippen molar-refractivity contribution < 1.29 is 28.9 Å². The molecule has 0 radical (unpaired) electrons. The maximum atomic E-state index is 13.6. The van der Waals surface area contributed by atoms with E-state index in [0.29, 0.717) is 49.3 Å². The van der Waals surface area contributed by atoms with Crippen molar-refractivity contribution in [1.82, 2.24) is 14.5 Å². The fourth-order valence-electron chi connectivity index (χ4n) is 8.92. The highest BCUT2D eigenvalue weighted by Crippen LogP contribution is 2.47. The molecule has 10 nitrogen and oxygen atoms in total. The van der Waals surface area contributed by atoms with Crippen LogP contribution in [0.2, 0.25) is 5.02 Å². The van der Waals surface area contributed by atoms with Crippen molar-refractivity contribution in [3.05, 3.63) is 70.3 Å². The van der Waals surface area contributed by atoms with E-state index in [1.54, 1.807) is 19.9 Å². The number of amides is 2. The second kappa shape index (κ2) is 15.3. The lowest BCUT2D eigenvalue weighted by Crippen LogP contribution is -2.50. The van der Waals surface area contributed by atoms with E-state index in [9.17, 15) is 18.0 Å². The first-order valence-corrected chi connectivity index (χ1v) is 21.0. The van der Waals surface area contributed by atoms with E-state index in [0.717, 1.165) is 82.1 Å². The Morgan fingerprint density at radius 2 is 1.92 bits per heavy atom. The second-order valence-corrected chi connectivity index (χ2v) is 18.3. The van der Waals surface area contributed by atoms with Crippen molar-refractivity contribution in [3.63, 3.8) is 0 Å². The lowest BCUT2D eigenvalue weighted by atomic mass is 9.68. The molecular formula is C40H55ClN4O6S. The molecule has 0 aromatic heterocycles. The van der Waals surface area contributed by atoms with Crippen molar-refractivity contribution >= 4 is 39.1 Å². The van der Waals surface area contributed by atoms with Crippen LogP contribution < -0.4 is 14.4 Å². The highest BCUT2D eigenvalue weighted by Gasteiger charge is 2.44. The molecule has 2 bridgehead atoms. The average Bonchev–Trinajstić information content (AvgIpc) is 3.25. The molecule has 2 aromatic carbocycles. The van der Waals surface area contributed by atoms with Gasteiger partial charge in [-0.1, -0.05) is 36.7 Å². The highest BCUT2D eigenvalue weighted by molar-refractivity contribution is 7.90. The summed E-state index contributed by atoms with van der Waals surface area (Å²) in [5.74, 6) is 0.632. The Kier molecular flexibility index (Phi) is 11.0. The van der Waals surface area contributed by atoms with Gasteiger partial charge in [0.05, 0.1) is 30.3 Å². The summed E-state index contributed by atoms with van der Waals surface area (Å²) in [6, 6.07) is 11.5. The third-order valence-electron chi connectivity index (χ3n) is 12.5. The molecule has 1 N–H and O–H groups in total. The number of aryl methyl sites for hydroxylation is 1. The molecule has 0 unspecified atom stereocenters. The lowest BCUT2D eigenvalue weighted by molar-refractivity contribution is -0.130. The Morgan fingerprint density at radius 1 is 1.12 bits per heavy atom. The number of allylic oxidation sites excluding steroid dienone is 1. The highest BCUT2D eigenvalue weighted by atomic mass is 35.5. The molecule has 3 aliphatic heterocycles. The van der Waals surface area contributed by atoms with Crippen LogP contribution in [0.5, 0.6) is 5.75 Å². The smallest absolute Gasteiger partial charge is 0.264 e. The van der Waals surface area contributed by atoms with Gasteiger partial charge in [0, 0.05) is 70.2 Å². The molecule has 6 atom stereocenters. The van der Waals surface area contributed by atoms with Gasteiger partial charge in [-0.25, -0.2) is 13.1 Å². The maximum absolute atomic E-state index is 13.6. The summed E-state index contributed by atoms with van der Waals surface area (Å²) in [4.78, 5) is 32.0. The van der Waals surface area contributed by atoms with Crippen molar-refractivity contribution in [1.29, 1.82) is 0 Å². The number of rotatable bonds is 4. The predicted molar refractivity (Wildman–Crippen MR) is 206 cm³/mol. The zero-order chi connectivity index (χ0) is 36.6. The SMILES string of the molecule is CC(=O)N1CCN(CCO[C@H]2/C=C/C[C@H](C)[C@@H](C)S(=O)(=O)NC(=O)c3ccc4c(c3)N(C[C@@H]3CC[C@H]32)C[C@@]2(CCCc3cc(Cl)ccc32)CO4)CC1.[HH]. The molecule has 1 saturated heterocycles. The van der Waals surface area contributed by atoms with E-state index in [4.69, 9.17) is 21.1 Å². The summed E-state index contributed by atoms with van der Waals surface area (Å²) in [5.41, 5.74) is 3.38. The third-order valence-corrected chi connectivity index (χ3v) is 14.7. The van der Waals surface area contributed by atoms with E-state index in [1.165, 1.54) is 11.1 Å². The van der Waals surface area contributed by atoms with Crippen molar-refractivity contribution in [2.75, 3.05) is 63.9 Å². The fraction of sp³-hybridized carbons (Fsp3) is 0.600. The van der Waals surface area contributed by atoms with Gasteiger partial charge in [0.2, 0.25) is 15.9 Å². The number of halogens is 1. The standard InChI is InChI=1S/C40H53ClN4O6S.H2/c1-27-6-4-8-37(50-21-20-43-16-18-44(19-17-43)29(3)46)34-12-9-32(34)24-45-25-40(15-5-7-30-22-33(41)11-13-35(30)40)26-51-38-14-10-31(23-36(38)45)39(47)42-52(48,49)28(27)2;/h4,8,10-11,13-14,22-23,27-28,32,34,37H,5-7,9,12,15-21,24-26H2,1-3H3,(H,42,47);1H/b8-4+;/t27-,28+,32-,34+,37-,40-;/m0./s1. The fourth-order valence-corrected chi connectivity index (χ4v) is 10.4. The summed E-state index contributed by atoms with van der Waals surface area (Å²) in [5, 5.41) is -0.0402. The number of piperazine rings is 1. The van der Waals surface area contributed by atoms with E-state index < -0.39 is 21.2 Å². The molecule has 1 saturated carbocycles. The Hall–Kier alpha value is -3.12. The van der Waals surface area contributed by atoms with Gasteiger partial charge in [0.15, 0.2) is 0 Å². The quantitative estimate of drug-likeness (QED) is 0.398. The number of hydrogen-bond donors (Lipinski definition) is 1. The summed E-state index contributed by atoms with van der Waals surface area (Å²) in [7, 11) is -3.95. The molecule has 7 rings (SSSR count). The first-order chi connectivity index (χ1) is 24.9. The van der Waals surface area contributed by atoms with Crippen LogP contribution >= 0.6 is 11.6 Å². The van der Waals surface area contributed by atoms with E-state index >= 15 is 0 Å². The summed E-state index contributed by atoms with van der Waals surface area (Å²) < 4.78 is 42.7. The molecule has 2 aliphatic carbocycles. The average molecular weight is 755 g/mol. The van der Waals surface area contributed by atoms with Crippen LogP contribution in [-0.2, 0) is 31.4 Å². The lowest BCUT2D eigenvalue weighted by Gasteiger charge is -2.46. The van der Waals surface area contributed by atoms with E-state index in [-0.39, 0.29) is 24.8 Å². The minimum atomic E-state index is -3.95. The van der Waals surface area contributed by atoms with Crippen LogP contribution in [0.15, 0.2) is 48.6 Å². The van der Waals surface area contributed by atoms with Gasteiger partial charge in [-0.15, -0.1) is 0 Å². The number of anilines is 1. The number of benzene rings is 2. The van der Waals surface area contributed by atoms with Crippen LogP contribution in [-0.4, -0.2) is 100 Å².